The van der Waals surface area contributed by atoms with E-state index >= 15 is 0 Å². The number of rotatable bonds is 7. The summed E-state index contributed by atoms with van der Waals surface area (Å²) in [4.78, 5) is 3.72. The first-order valence-corrected chi connectivity index (χ1v) is 11.3. The molecule has 0 bridgehead atoms. The minimum Gasteiger partial charge on any atom is -0.457 e. The van der Waals surface area contributed by atoms with E-state index in [1.54, 1.807) is 0 Å². The summed E-state index contributed by atoms with van der Waals surface area (Å²) in [6.07, 6.45) is 3.05. The van der Waals surface area contributed by atoms with Crippen LogP contribution in [0.15, 0.2) is 84.9 Å². The highest BCUT2D eigenvalue weighted by atomic mass is 16.5. The largest absolute Gasteiger partial charge is 0.457 e. The lowest BCUT2D eigenvalue weighted by Gasteiger charge is -2.11. The van der Waals surface area contributed by atoms with Crippen molar-refractivity contribution in [3.05, 3.63) is 96.1 Å². The molecule has 0 spiro atoms. The van der Waals surface area contributed by atoms with E-state index in [4.69, 9.17) is 10.5 Å². The third-order valence-corrected chi connectivity index (χ3v) is 6.15. The number of aromatic amines is 1. The Bertz CT molecular complexity index is 1370. The molecule has 1 aromatic heterocycles. The van der Waals surface area contributed by atoms with Gasteiger partial charge in [0.15, 0.2) is 0 Å². The Morgan fingerprint density at radius 1 is 0.750 bits per heavy atom. The summed E-state index contributed by atoms with van der Waals surface area (Å²) in [6.45, 7) is 2.89. The van der Waals surface area contributed by atoms with Gasteiger partial charge in [0.25, 0.3) is 0 Å². The molecule has 0 aliphatic rings. The molecule has 1 heterocycles. The maximum atomic E-state index is 6.13. The molecule has 160 valence electrons. The maximum absolute atomic E-state index is 6.13. The average molecular weight is 421 g/mol. The second-order valence-corrected chi connectivity index (χ2v) is 8.32. The van der Waals surface area contributed by atoms with Crippen LogP contribution in [0.25, 0.3) is 32.9 Å². The molecule has 5 rings (SSSR count). The third kappa shape index (κ3) is 3.88. The summed E-state index contributed by atoms with van der Waals surface area (Å²) >= 11 is 0. The lowest BCUT2D eigenvalue weighted by Crippen LogP contribution is -1.99. The molecular formula is C29H28N2O. The number of H-pyrrole nitrogens is 1. The van der Waals surface area contributed by atoms with Crippen molar-refractivity contribution in [3.63, 3.8) is 0 Å². The van der Waals surface area contributed by atoms with Gasteiger partial charge in [0.1, 0.15) is 11.5 Å². The zero-order chi connectivity index (χ0) is 21.9. The molecule has 3 nitrogen and oxygen atoms in total. The number of benzene rings is 4. The van der Waals surface area contributed by atoms with Crippen molar-refractivity contribution < 1.29 is 4.74 Å². The monoisotopic (exact) mass is 420 g/mol. The van der Waals surface area contributed by atoms with Gasteiger partial charge in [-0.05, 0) is 85.0 Å². The first kappa shape index (κ1) is 20.3. The second kappa shape index (κ2) is 8.89. The number of para-hydroxylation sites is 1. The number of aromatic nitrogens is 1. The SMILES string of the molecule is Cc1ccc(-c2[nH]c3ccc(Oc4ccccc4)cc3c2CCCCN)c2ccccc12. The standard InChI is InChI=1S/C29H28N2O/c1-20-14-16-26(24-12-6-5-11-23(20)24)29-25(13-7-8-18-30)27-19-22(15-17-28(27)31-29)32-21-9-3-2-4-10-21/h2-6,9-12,14-17,19,31H,7-8,13,18,30H2,1H3. The summed E-state index contributed by atoms with van der Waals surface area (Å²) in [5.41, 5.74) is 12.0. The van der Waals surface area contributed by atoms with Gasteiger partial charge >= 0.3 is 0 Å². The highest BCUT2D eigenvalue weighted by Crippen LogP contribution is 2.38. The number of hydrogen-bond acceptors (Lipinski definition) is 2. The van der Waals surface area contributed by atoms with E-state index in [9.17, 15) is 0 Å². The molecule has 0 radical (unpaired) electrons. The van der Waals surface area contributed by atoms with Crippen LogP contribution < -0.4 is 10.5 Å². The topological polar surface area (TPSA) is 51.0 Å². The zero-order valence-electron chi connectivity index (χ0n) is 18.4. The van der Waals surface area contributed by atoms with E-state index in [1.165, 1.54) is 38.5 Å². The van der Waals surface area contributed by atoms with Crippen LogP contribution in [0.3, 0.4) is 0 Å². The summed E-state index contributed by atoms with van der Waals surface area (Å²) < 4.78 is 6.13. The van der Waals surface area contributed by atoms with E-state index in [-0.39, 0.29) is 0 Å². The Morgan fingerprint density at radius 2 is 1.53 bits per heavy atom. The van der Waals surface area contributed by atoms with Crippen LogP contribution in [0.2, 0.25) is 0 Å². The predicted molar refractivity (Wildman–Crippen MR) is 134 cm³/mol. The molecule has 0 aliphatic carbocycles. The van der Waals surface area contributed by atoms with Gasteiger partial charge < -0.3 is 15.5 Å². The Labute approximate surface area is 188 Å². The molecular weight excluding hydrogens is 392 g/mol. The first-order chi connectivity index (χ1) is 15.7. The number of fused-ring (bicyclic) bond motifs is 2. The molecule has 0 saturated heterocycles. The van der Waals surface area contributed by atoms with E-state index < -0.39 is 0 Å². The minimum atomic E-state index is 0.716. The van der Waals surface area contributed by atoms with E-state index in [0.717, 1.165) is 36.3 Å². The Balaban J connectivity index is 1.65. The fraction of sp³-hybridized carbons (Fsp3) is 0.172. The number of nitrogens with one attached hydrogen (secondary N) is 1. The van der Waals surface area contributed by atoms with E-state index in [0.29, 0.717) is 6.54 Å². The molecule has 3 heteroatoms. The number of ether oxygens (including phenoxy) is 1. The first-order valence-electron chi connectivity index (χ1n) is 11.3. The van der Waals surface area contributed by atoms with Crippen molar-refractivity contribution in [1.82, 2.24) is 4.98 Å². The van der Waals surface area contributed by atoms with Gasteiger partial charge in [-0.1, -0.05) is 54.6 Å². The summed E-state index contributed by atoms with van der Waals surface area (Å²) in [5, 5.41) is 3.79. The third-order valence-electron chi connectivity index (χ3n) is 6.15. The van der Waals surface area contributed by atoms with Crippen LogP contribution in [-0.4, -0.2) is 11.5 Å². The smallest absolute Gasteiger partial charge is 0.128 e. The highest BCUT2D eigenvalue weighted by Gasteiger charge is 2.16. The molecule has 32 heavy (non-hydrogen) atoms. The summed E-state index contributed by atoms with van der Waals surface area (Å²) in [6, 6.07) is 29.4. The summed E-state index contributed by atoms with van der Waals surface area (Å²) in [7, 11) is 0. The molecule has 3 N–H and O–H groups in total. The molecule has 0 amide bonds. The number of nitrogens with two attached hydrogens (primary N) is 1. The average Bonchev–Trinajstić information content (AvgIpc) is 3.18. The van der Waals surface area contributed by atoms with Crippen LogP contribution in [0, 0.1) is 6.92 Å². The van der Waals surface area contributed by atoms with Crippen LogP contribution in [0.4, 0.5) is 0 Å². The summed E-state index contributed by atoms with van der Waals surface area (Å²) in [5.74, 6) is 1.69. The van der Waals surface area contributed by atoms with Crippen LogP contribution in [-0.2, 0) is 6.42 Å². The Morgan fingerprint density at radius 3 is 2.34 bits per heavy atom. The normalized spacial score (nSPS) is 11.3. The fourth-order valence-corrected chi connectivity index (χ4v) is 4.52. The fourth-order valence-electron chi connectivity index (χ4n) is 4.52. The molecule has 5 aromatic rings. The predicted octanol–water partition coefficient (Wildman–Crippen LogP) is 7.37. The Kier molecular flexibility index (Phi) is 5.66. The van der Waals surface area contributed by atoms with Crippen LogP contribution in [0.1, 0.15) is 24.0 Å². The lowest BCUT2D eigenvalue weighted by molar-refractivity contribution is 0.483. The highest BCUT2D eigenvalue weighted by molar-refractivity contribution is 6.02. The van der Waals surface area contributed by atoms with E-state index in [2.05, 4.69) is 60.4 Å². The van der Waals surface area contributed by atoms with Crippen LogP contribution >= 0.6 is 0 Å². The van der Waals surface area contributed by atoms with Crippen molar-refractivity contribution in [2.24, 2.45) is 5.73 Å². The quantitative estimate of drug-likeness (QED) is 0.270. The van der Waals surface area contributed by atoms with Crippen molar-refractivity contribution in [2.75, 3.05) is 6.54 Å². The van der Waals surface area contributed by atoms with Gasteiger partial charge in [-0.3, -0.25) is 0 Å². The molecule has 0 atom stereocenters. The van der Waals surface area contributed by atoms with Crippen molar-refractivity contribution in [2.45, 2.75) is 26.2 Å². The Hall–Kier alpha value is -3.56. The van der Waals surface area contributed by atoms with Crippen LogP contribution in [0.5, 0.6) is 11.5 Å². The van der Waals surface area contributed by atoms with Gasteiger partial charge in [-0.15, -0.1) is 0 Å². The van der Waals surface area contributed by atoms with Crippen molar-refractivity contribution in [3.8, 4) is 22.8 Å². The van der Waals surface area contributed by atoms with Crippen molar-refractivity contribution >= 4 is 21.7 Å². The second-order valence-electron chi connectivity index (χ2n) is 8.32. The van der Waals surface area contributed by atoms with Gasteiger partial charge in [0.05, 0.1) is 5.69 Å². The molecule has 0 fully saturated rings. The molecule has 0 saturated carbocycles. The number of unbranched alkanes of at least 4 members (excludes halogenated alkanes) is 1. The van der Waals surface area contributed by atoms with Gasteiger partial charge in [0.2, 0.25) is 0 Å². The molecule has 0 unspecified atom stereocenters. The van der Waals surface area contributed by atoms with Gasteiger partial charge in [-0.25, -0.2) is 0 Å². The lowest BCUT2D eigenvalue weighted by atomic mass is 9.94. The van der Waals surface area contributed by atoms with Crippen molar-refractivity contribution in [1.29, 1.82) is 0 Å². The van der Waals surface area contributed by atoms with Gasteiger partial charge in [0, 0.05) is 16.5 Å². The number of hydrogen-bond donors (Lipinski definition) is 2. The zero-order valence-corrected chi connectivity index (χ0v) is 18.4. The number of aryl methyl sites for hydroxylation is 2. The van der Waals surface area contributed by atoms with E-state index in [1.807, 2.05) is 36.4 Å². The van der Waals surface area contributed by atoms with Gasteiger partial charge in [-0.2, -0.15) is 0 Å². The minimum absolute atomic E-state index is 0.716. The maximum Gasteiger partial charge on any atom is 0.128 e. The molecule has 0 aliphatic heterocycles. The molecule has 4 aromatic carbocycles.